The zero-order chi connectivity index (χ0) is 20.8. The number of ketones is 1. The minimum atomic E-state index is -0.904. The van der Waals surface area contributed by atoms with Crippen LogP contribution in [0.25, 0.3) is 0 Å². The number of allylic oxidation sites excluding steroid dienone is 4. The van der Waals surface area contributed by atoms with Gasteiger partial charge in [-0.3, -0.25) is 9.59 Å². The predicted molar refractivity (Wildman–Crippen MR) is 111 cm³/mol. The van der Waals surface area contributed by atoms with E-state index in [9.17, 15) is 9.59 Å². The molecule has 0 aromatic rings. The van der Waals surface area contributed by atoms with Gasteiger partial charge >= 0.3 is 0 Å². The smallest absolute Gasteiger partial charge is 0.257 e. The van der Waals surface area contributed by atoms with Crippen LogP contribution >= 0.6 is 0 Å². The van der Waals surface area contributed by atoms with Crippen molar-refractivity contribution >= 4 is 11.7 Å². The molecule has 0 spiro atoms. The van der Waals surface area contributed by atoms with Gasteiger partial charge in [-0.1, -0.05) is 37.1 Å². The first-order chi connectivity index (χ1) is 13.1. The predicted octanol–water partition coefficient (Wildman–Crippen LogP) is 4.43. The molecule has 3 rings (SSSR count). The molecule has 4 heteroatoms. The van der Waals surface area contributed by atoms with Crippen molar-refractivity contribution in [2.24, 2.45) is 35.5 Å². The summed E-state index contributed by atoms with van der Waals surface area (Å²) < 4.78 is 5.41. The van der Waals surface area contributed by atoms with Crippen LogP contribution < -0.4 is 5.32 Å². The number of carbonyl (C=O) groups excluding carboxylic acids is 2. The van der Waals surface area contributed by atoms with Gasteiger partial charge in [0.1, 0.15) is 0 Å². The molecule has 28 heavy (non-hydrogen) atoms. The summed E-state index contributed by atoms with van der Waals surface area (Å²) in [6.07, 6.45) is 8.47. The topological polar surface area (TPSA) is 55.4 Å². The summed E-state index contributed by atoms with van der Waals surface area (Å²) in [5.74, 6) is 1.35. The number of ether oxygens (including phenoxy) is 1. The summed E-state index contributed by atoms with van der Waals surface area (Å²) in [5, 5.41) is 2.81. The highest BCUT2D eigenvalue weighted by atomic mass is 16.5. The number of hydrogen-bond donors (Lipinski definition) is 1. The molecule has 1 heterocycles. The van der Waals surface area contributed by atoms with Gasteiger partial charge in [-0.05, 0) is 70.3 Å². The zero-order valence-corrected chi connectivity index (χ0v) is 18.3. The lowest BCUT2D eigenvalue weighted by Gasteiger charge is -2.48. The molecule has 3 aliphatic rings. The number of carbonyl (C=O) groups is 2. The van der Waals surface area contributed by atoms with E-state index in [1.54, 1.807) is 20.1 Å². The second-order valence-electron chi connectivity index (χ2n) is 9.43. The first-order valence-electron chi connectivity index (χ1n) is 10.6. The van der Waals surface area contributed by atoms with Crippen LogP contribution in [0.2, 0.25) is 0 Å². The Labute approximate surface area is 169 Å². The molecule has 1 amide bonds. The molecule has 1 saturated carbocycles. The van der Waals surface area contributed by atoms with Crippen LogP contribution in [0, 0.1) is 35.5 Å². The molecule has 2 aliphatic carbocycles. The first-order valence-corrected chi connectivity index (χ1v) is 10.6. The van der Waals surface area contributed by atoms with Crippen molar-refractivity contribution < 1.29 is 14.3 Å². The van der Waals surface area contributed by atoms with Crippen LogP contribution in [0.5, 0.6) is 0 Å². The van der Waals surface area contributed by atoms with Gasteiger partial charge in [-0.25, -0.2) is 0 Å². The van der Waals surface area contributed by atoms with Gasteiger partial charge in [0.15, 0.2) is 11.5 Å². The van der Waals surface area contributed by atoms with E-state index in [-0.39, 0.29) is 35.0 Å². The Hall–Kier alpha value is -1.68. The van der Waals surface area contributed by atoms with Gasteiger partial charge in [0, 0.05) is 18.9 Å². The maximum Gasteiger partial charge on any atom is 0.257 e. The summed E-state index contributed by atoms with van der Waals surface area (Å²) in [4.78, 5) is 26.5. The third kappa shape index (κ3) is 3.52. The van der Waals surface area contributed by atoms with Crippen molar-refractivity contribution in [3.05, 3.63) is 34.9 Å². The first kappa shape index (κ1) is 21.0. The Morgan fingerprint density at radius 1 is 1.32 bits per heavy atom. The van der Waals surface area contributed by atoms with E-state index in [0.717, 1.165) is 12.8 Å². The van der Waals surface area contributed by atoms with Crippen molar-refractivity contribution in [2.45, 2.75) is 60.1 Å². The average molecular weight is 386 g/mol. The number of methoxy groups -OCH3 is 1. The van der Waals surface area contributed by atoms with Crippen molar-refractivity contribution in [2.75, 3.05) is 7.11 Å². The number of rotatable bonds is 4. The fraction of sp³-hybridized carbons (Fsp3) is 0.667. The summed E-state index contributed by atoms with van der Waals surface area (Å²) in [6.45, 7) is 12.7. The lowest BCUT2D eigenvalue weighted by Crippen LogP contribution is -2.46. The third-order valence-electron chi connectivity index (χ3n) is 7.31. The molecular formula is C24H35NO3. The van der Waals surface area contributed by atoms with Crippen LogP contribution in [0.4, 0.5) is 0 Å². The Balaban J connectivity index is 2.08. The molecule has 4 nitrogen and oxygen atoms in total. The highest BCUT2D eigenvalue weighted by Crippen LogP contribution is 2.52. The fourth-order valence-electron chi connectivity index (χ4n) is 5.97. The molecule has 0 aromatic carbocycles. The maximum absolute atomic E-state index is 13.8. The van der Waals surface area contributed by atoms with E-state index >= 15 is 0 Å². The van der Waals surface area contributed by atoms with Crippen LogP contribution in [0.1, 0.15) is 54.4 Å². The third-order valence-corrected chi connectivity index (χ3v) is 7.31. The Morgan fingerprint density at radius 3 is 2.57 bits per heavy atom. The average Bonchev–Trinajstić information content (AvgIpc) is 2.94. The van der Waals surface area contributed by atoms with Crippen LogP contribution in [0.15, 0.2) is 34.9 Å². The van der Waals surface area contributed by atoms with Crippen molar-refractivity contribution in [3.63, 3.8) is 0 Å². The number of Topliss-reactive ketones (excluding diaryl/α,β-unsaturated/α-hetero) is 1. The van der Waals surface area contributed by atoms with Gasteiger partial charge in [0.2, 0.25) is 0 Å². The van der Waals surface area contributed by atoms with Crippen LogP contribution in [0.3, 0.4) is 0 Å². The fourth-order valence-corrected chi connectivity index (χ4v) is 5.97. The number of fused-ring (bicyclic) bond motifs is 1. The van der Waals surface area contributed by atoms with Crippen molar-refractivity contribution in [1.82, 2.24) is 5.32 Å². The standard InChI is InChI=1S/C24H35NO3/c1-8-14(3)19-16(5)11-17-10-13(2)9-15(4)20(17)21(19)22(26)18-12-24(6,28-7)25-23(18)27/h8,11-13,15,17,19-21H,9-10H2,1-7H3,(H,25,27)/b14-8+/t13-,15+,17+,19-,20+,21-,24+/m1/s1. The van der Waals surface area contributed by atoms with Crippen molar-refractivity contribution in [3.8, 4) is 0 Å². The van der Waals surface area contributed by atoms with E-state index in [0.29, 0.717) is 17.8 Å². The van der Waals surface area contributed by atoms with E-state index in [1.165, 1.54) is 11.1 Å². The largest absolute Gasteiger partial charge is 0.356 e. The van der Waals surface area contributed by atoms with Gasteiger partial charge < -0.3 is 10.1 Å². The SMILES string of the molecule is C/C=C(\C)[C@@H]1C(C)=C[C@@H]2C[C@H](C)C[C@H](C)[C@@H]2[C@@H]1C(=O)C1=C[C@](C)(OC)NC1=O. The van der Waals surface area contributed by atoms with E-state index in [2.05, 4.69) is 45.2 Å². The highest BCUT2D eigenvalue weighted by molar-refractivity contribution is 6.22. The van der Waals surface area contributed by atoms with Gasteiger partial charge in [-0.15, -0.1) is 0 Å². The summed E-state index contributed by atoms with van der Waals surface area (Å²) in [6, 6.07) is 0. The summed E-state index contributed by atoms with van der Waals surface area (Å²) in [5.41, 5.74) is 1.84. The molecule has 0 radical (unpaired) electrons. The van der Waals surface area contributed by atoms with E-state index in [1.807, 2.05) is 6.92 Å². The van der Waals surface area contributed by atoms with Crippen LogP contribution in [-0.2, 0) is 14.3 Å². The molecule has 0 aromatic heterocycles. The van der Waals surface area contributed by atoms with Gasteiger partial charge in [0.25, 0.3) is 5.91 Å². The molecule has 0 saturated heterocycles. The Morgan fingerprint density at radius 2 is 2.00 bits per heavy atom. The molecule has 154 valence electrons. The minimum Gasteiger partial charge on any atom is -0.356 e. The molecular weight excluding hydrogens is 350 g/mol. The second-order valence-corrected chi connectivity index (χ2v) is 9.43. The summed E-state index contributed by atoms with van der Waals surface area (Å²) >= 11 is 0. The van der Waals surface area contributed by atoms with E-state index < -0.39 is 5.72 Å². The monoisotopic (exact) mass is 385 g/mol. The Bertz CT molecular complexity index is 762. The maximum atomic E-state index is 13.8. The van der Waals surface area contributed by atoms with Gasteiger partial charge in [0.05, 0.1) is 5.57 Å². The molecule has 0 unspecified atom stereocenters. The number of hydrogen-bond acceptors (Lipinski definition) is 3. The van der Waals surface area contributed by atoms with Gasteiger partial charge in [-0.2, -0.15) is 0 Å². The minimum absolute atomic E-state index is 0.0201. The van der Waals surface area contributed by atoms with Crippen molar-refractivity contribution in [1.29, 1.82) is 0 Å². The summed E-state index contributed by atoms with van der Waals surface area (Å²) in [7, 11) is 1.55. The van der Waals surface area contributed by atoms with Crippen LogP contribution in [-0.4, -0.2) is 24.5 Å². The molecule has 1 fully saturated rings. The lowest BCUT2D eigenvalue weighted by molar-refractivity contribution is -0.128. The zero-order valence-electron chi connectivity index (χ0n) is 18.3. The number of amides is 1. The normalized spacial score (nSPS) is 41.1. The Kier molecular flexibility index (Phi) is 5.73. The quantitative estimate of drug-likeness (QED) is 0.575. The molecule has 0 bridgehead atoms. The molecule has 7 atom stereocenters. The lowest BCUT2D eigenvalue weighted by atomic mass is 9.55. The second kappa shape index (κ2) is 7.62. The van der Waals surface area contributed by atoms with E-state index in [4.69, 9.17) is 4.74 Å². The number of nitrogens with one attached hydrogen (secondary N) is 1. The molecule has 1 N–H and O–H groups in total. The molecule has 1 aliphatic heterocycles. The highest BCUT2D eigenvalue weighted by Gasteiger charge is 2.50.